The molecule has 3 nitrogen and oxygen atoms in total. The molecule has 1 atom stereocenters. The molecule has 0 radical (unpaired) electrons. The van der Waals surface area contributed by atoms with Crippen LogP contribution in [-0.4, -0.2) is 31.4 Å². The van der Waals surface area contributed by atoms with E-state index in [4.69, 9.17) is 9.47 Å². The molecule has 1 saturated heterocycles. The first-order valence-corrected chi connectivity index (χ1v) is 5.92. The van der Waals surface area contributed by atoms with E-state index in [-0.39, 0.29) is 5.54 Å². The normalized spacial score (nSPS) is 29.8. The van der Waals surface area contributed by atoms with Gasteiger partial charge < -0.3 is 14.8 Å². The second-order valence-electron chi connectivity index (χ2n) is 4.76. The van der Waals surface area contributed by atoms with Gasteiger partial charge in [0, 0.05) is 25.3 Å². The summed E-state index contributed by atoms with van der Waals surface area (Å²) in [6.07, 6.45) is 8.78. The van der Waals surface area contributed by atoms with Crippen LogP contribution >= 0.6 is 0 Å². The second-order valence-corrected chi connectivity index (χ2v) is 4.76. The first-order valence-electron chi connectivity index (χ1n) is 5.92. The molecule has 1 unspecified atom stereocenters. The predicted octanol–water partition coefficient (Wildman–Crippen LogP) is 1.84. The lowest BCUT2D eigenvalue weighted by Crippen LogP contribution is -2.49. The molecular weight excluding hydrogens is 190 g/mol. The van der Waals surface area contributed by atoms with E-state index in [9.17, 15) is 0 Å². The summed E-state index contributed by atoms with van der Waals surface area (Å²) in [5.74, 6) is 0. The Morgan fingerprint density at radius 3 is 2.87 bits per heavy atom. The summed E-state index contributed by atoms with van der Waals surface area (Å²) in [4.78, 5) is 0. The number of allylic oxidation sites excluding steroid dienone is 1. The molecule has 0 aromatic carbocycles. The Morgan fingerprint density at radius 2 is 2.20 bits per heavy atom. The van der Waals surface area contributed by atoms with Gasteiger partial charge in [0.25, 0.3) is 0 Å². The fourth-order valence-corrected chi connectivity index (χ4v) is 2.09. The van der Waals surface area contributed by atoms with Crippen molar-refractivity contribution in [1.82, 2.24) is 5.32 Å². The Balaban J connectivity index is 1.73. The van der Waals surface area contributed by atoms with Crippen LogP contribution in [0.3, 0.4) is 0 Å². The van der Waals surface area contributed by atoms with Crippen molar-refractivity contribution in [2.45, 2.75) is 44.2 Å². The van der Waals surface area contributed by atoms with Gasteiger partial charge in [0.2, 0.25) is 0 Å². The standard InChI is InChI=1S/C12H21NO2/c1-12(5-8-14-9-6-12)13-10-11-4-2-3-7-15-11/h3,7,11,13H,2,4-6,8-10H2,1H3. The molecule has 0 aliphatic carbocycles. The molecule has 2 rings (SSSR count). The maximum absolute atomic E-state index is 5.54. The number of hydrogen-bond acceptors (Lipinski definition) is 3. The van der Waals surface area contributed by atoms with Gasteiger partial charge in [-0.3, -0.25) is 0 Å². The van der Waals surface area contributed by atoms with Crippen LogP contribution in [0.2, 0.25) is 0 Å². The highest BCUT2D eigenvalue weighted by Gasteiger charge is 2.27. The van der Waals surface area contributed by atoms with Gasteiger partial charge in [-0.05, 0) is 38.7 Å². The van der Waals surface area contributed by atoms with Crippen molar-refractivity contribution in [3.05, 3.63) is 12.3 Å². The molecule has 0 amide bonds. The van der Waals surface area contributed by atoms with Crippen molar-refractivity contribution >= 4 is 0 Å². The molecule has 0 aromatic heterocycles. The maximum atomic E-state index is 5.54. The van der Waals surface area contributed by atoms with Crippen molar-refractivity contribution in [3.8, 4) is 0 Å². The Morgan fingerprint density at radius 1 is 1.40 bits per heavy atom. The van der Waals surface area contributed by atoms with Gasteiger partial charge in [-0.1, -0.05) is 0 Å². The molecule has 0 saturated carbocycles. The lowest BCUT2D eigenvalue weighted by molar-refractivity contribution is 0.0357. The Bertz CT molecular complexity index is 222. The highest BCUT2D eigenvalue weighted by atomic mass is 16.5. The molecule has 2 aliphatic heterocycles. The second kappa shape index (κ2) is 4.99. The van der Waals surface area contributed by atoms with E-state index in [0.717, 1.165) is 45.4 Å². The number of hydrogen-bond donors (Lipinski definition) is 1. The van der Waals surface area contributed by atoms with E-state index in [2.05, 4.69) is 18.3 Å². The summed E-state index contributed by atoms with van der Waals surface area (Å²) < 4.78 is 10.9. The van der Waals surface area contributed by atoms with Gasteiger partial charge in [0.15, 0.2) is 0 Å². The third kappa shape index (κ3) is 3.21. The predicted molar refractivity (Wildman–Crippen MR) is 59.7 cm³/mol. The topological polar surface area (TPSA) is 30.5 Å². The zero-order valence-electron chi connectivity index (χ0n) is 9.50. The minimum absolute atomic E-state index is 0.253. The lowest BCUT2D eigenvalue weighted by atomic mass is 9.92. The molecule has 0 aromatic rings. The fourth-order valence-electron chi connectivity index (χ4n) is 2.09. The molecule has 2 aliphatic rings. The molecule has 0 spiro atoms. The van der Waals surface area contributed by atoms with E-state index >= 15 is 0 Å². The molecule has 2 heterocycles. The summed E-state index contributed by atoms with van der Waals surface area (Å²) in [5, 5.41) is 3.63. The number of rotatable bonds is 3. The van der Waals surface area contributed by atoms with Crippen LogP contribution in [0.1, 0.15) is 32.6 Å². The van der Waals surface area contributed by atoms with E-state index in [1.165, 1.54) is 0 Å². The molecule has 0 bridgehead atoms. The van der Waals surface area contributed by atoms with E-state index in [1.807, 2.05) is 6.26 Å². The molecule has 3 heteroatoms. The summed E-state index contributed by atoms with van der Waals surface area (Å²) in [6.45, 7) is 5.01. The molecule has 1 N–H and O–H groups in total. The van der Waals surface area contributed by atoms with Crippen LogP contribution in [-0.2, 0) is 9.47 Å². The van der Waals surface area contributed by atoms with Crippen LogP contribution in [0.5, 0.6) is 0 Å². The third-order valence-electron chi connectivity index (χ3n) is 3.38. The monoisotopic (exact) mass is 211 g/mol. The van der Waals surface area contributed by atoms with Crippen LogP contribution in [0.15, 0.2) is 12.3 Å². The minimum Gasteiger partial charge on any atom is -0.497 e. The summed E-state index contributed by atoms with van der Waals surface area (Å²) in [6, 6.07) is 0. The number of ether oxygens (including phenoxy) is 2. The van der Waals surface area contributed by atoms with Crippen LogP contribution < -0.4 is 5.32 Å². The van der Waals surface area contributed by atoms with Gasteiger partial charge in [-0.15, -0.1) is 0 Å². The van der Waals surface area contributed by atoms with E-state index in [0.29, 0.717) is 6.10 Å². The largest absolute Gasteiger partial charge is 0.497 e. The van der Waals surface area contributed by atoms with Crippen molar-refractivity contribution in [3.63, 3.8) is 0 Å². The van der Waals surface area contributed by atoms with Gasteiger partial charge >= 0.3 is 0 Å². The zero-order valence-corrected chi connectivity index (χ0v) is 9.50. The third-order valence-corrected chi connectivity index (χ3v) is 3.38. The fraction of sp³-hybridized carbons (Fsp3) is 0.833. The number of nitrogens with one attached hydrogen (secondary N) is 1. The Labute approximate surface area is 91.8 Å². The quantitative estimate of drug-likeness (QED) is 0.772. The minimum atomic E-state index is 0.253. The average Bonchev–Trinajstić information content (AvgIpc) is 2.29. The first kappa shape index (κ1) is 11.0. The highest BCUT2D eigenvalue weighted by molar-refractivity contribution is 4.88. The van der Waals surface area contributed by atoms with Gasteiger partial charge in [0.1, 0.15) is 6.10 Å². The molecule has 86 valence electrons. The van der Waals surface area contributed by atoms with Crippen LogP contribution in [0.25, 0.3) is 0 Å². The van der Waals surface area contributed by atoms with Gasteiger partial charge in [-0.25, -0.2) is 0 Å². The maximum Gasteiger partial charge on any atom is 0.110 e. The molecule has 1 fully saturated rings. The average molecular weight is 211 g/mol. The van der Waals surface area contributed by atoms with Gasteiger partial charge in [-0.2, -0.15) is 0 Å². The van der Waals surface area contributed by atoms with Gasteiger partial charge in [0.05, 0.1) is 6.26 Å². The smallest absolute Gasteiger partial charge is 0.110 e. The first-order chi connectivity index (χ1) is 7.29. The van der Waals surface area contributed by atoms with Crippen LogP contribution in [0, 0.1) is 0 Å². The van der Waals surface area contributed by atoms with Crippen molar-refractivity contribution in [2.75, 3.05) is 19.8 Å². The van der Waals surface area contributed by atoms with Crippen LogP contribution in [0.4, 0.5) is 0 Å². The Hall–Kier alpha value is -0.540. The molecule has 15 heavy (non-hydrogen) atoms. The van der Waals surface area contributed by atoms with Crippen molar-refractivity contribution < 1.29 is 9.47 Å². The van der Waals surface area contributed by atoms with E-state index in [1.54, 1.807) is 0 Å². The lowest BCUT2D eigenvalue weighted by Gasteiger charge is -2.36. The van der Waals surface area contributed by atoms with Crippen molar-refractivity contribution in [1.29, 1.82) is 0 Å². The summed E-state index contributed by atoms with van der Waals surface area (Å²) >= 11 is 0. The van der Waals surface area contributed by atoms with Crippen molar-refractivity contribution in [2.24, 2.45) is 0 Å². The SMILES string of the molecule is CC1(NCC2CCC=CO2)CCOCC1. The summed E-state index contributed by atoms with van der Waals surface area (Å²) in [5.41, 5.74) is 0.253. The summed E-state index contributed by atoms with van der Waals surface area (Å²) in [7, 11) is 0. The molecular formula is C12H21NO2. The highest BCUT2D eigenvalue weighted by Crippen LogP contribution is 2.20. The Kier molecular flexibility index (Phi) is 3.65. The zero-order chi connectivity index (χ0) is 10.6. The van der Waals surface area contributed by atoms with E-state index < -0.39 is 0 Å².